The number of hydrogen-bond acceptors (Lipinski definition) is 4. The highest BCUT2D eigenvalue weighted by Gasteiger charge is 2.26. The molecule has 28 heavy (non-hydrogen) atoms. The van der Waals surface area contributed by atoms with Gasteiger partial charge in [0, 0.05) is 22.8 Å². The van der Waals surface area contributed by atoms with Gasteiger partial charge in [-0.05, 0) is 48.5 Å². The maximum atomic E-state index is 12.5. The van der Waals surface area contributed by atoms with Crippen LogP contribution in [0.5, 0.6) is 0 Å². The molecule has 0 saturated heterocycles. The molecule has 0 aliphatic rings. The minimum Gasteiger partial charge on any atom is -0.368 e. The number of halogens is 1. The Morgan fingerprint density at radius 2 is 1.54 bits per heavy atom. The molecule has 2 rings (SSSR count). The Bertz CT molecular complexity index is 838. The monoisotopic (exact) mass is 446 g/mol. The average Bonchev–Trinajstić information content (AvgIpc) is 2.63. The molecule has 0 aliphatic carbocycles. The van der Waals surface area contributed by atoms with Gasteiger partial charge in [0.05, 0.1) is 6.54 Å². The number of benzene rings is 2. The van der Waals surface area contributed by atoms with Crippen LogP contribution in [0.2, 0.25) is 0 Å². The molecule has 0 spiro atoms. The smallest absolute Gasteiger partial charge is 0.239 e. The van der Waals surface area contributed by atoms with Crippen LogP contribution in [-0.4, -0.2) is 35.7 Å². The lowest BCUT2D eigenvalue weighted by Crippen LogP contribution is -2.42. The van der Waals surface area contributed by atoms with E-state index in [1.54, 1.807) is 41.3 Å². The van der Waals surface area contributed by atoms with Crippen LogP contribution in [-0.2, 0) is 14.4 Å². The topological polar surface area (TPSA) is 105 Å². The van der Waals surface area contributed by atoms with Crippen molar-refractivity contribution < 1.29 is 14.4 Å². The Kier molecular flexibility index (Phi) is 7.71. The Morgan fingerprint density at radius 1 is 1.00 bits per heavy atom. The number of rotatable bonds is 8. The lowest BCUT2D eigenvalue weighted by atomic mass is 10.0. The van der Waals surface area contributed by atoms with E-state index >= 15 is 0 Å². The summed E-state index contributed by atoms with van der Waals surface area (Å²) in [7, 11) is 0. The van der Waals surface area contributed by atoms with Crippen molar-refractivity contribution in [1.29, 1.82) is 0 Å². The highest BCUT2D eigenvalue weighted by atomic mass is 79.9. The average molecular weight is 447 g/mol. The molecule has 1 unspecified atom stereocenters. The van der Waals surface area contributed by atoms with Crippen molar-refractivity contribution in [2.24, 2.45) is 5.73 Å². The van der Waals surface area contributed by atoms with Crippen molar-refractivity contribution in [3.05, 3.63) is 58.6 Å². The Morgan fingerprint density at radius 3 is 2.00 bits per heavy atom. The first-order valence-corrected chi connectivity index (χ1v) is 9.55. The van der Waals surface area contributed by atoms with Gasteiger partial charge in [-0.3, -0.25) is 19.3 Å². The summed E-state index contributed by atoms with van der Waals surface area (Å²) < 4.78 is 0.892. The normalized spacial score (nSPS) is 11.7. The quantitative estimate of drug-likeness (QED) is 0.579. The van der Waals surface area contributed by atoms with Crippen LogP contribution in [0.25, 0.3) is 0 Å². The molecule has 1 atom stereocenters. The first-order chi connectivity index (χ1) is 13.3. The SMILES string of the molecule is CCN(CC(=O)Nc1ccc(NC(C)=O)cc1)C(C(N)=O)c1ccc(Br)cc1. The van der Waals surface area contributed by atoms with Gasteiger partial charge in [0.1, 0.15) is 6.04 Å². The third-order valence-electron chi connectivity index (χ3n) is 4.06. The number of amides is 3. The minimum absolute atomic E-state index is 0.00756. The third-order valence-corrected chi connectivity index (χ3v) is 4.59. The van der Waals surface area contributed by atoms with E-state index in [1.807, 2.05) is 19.1 Å². The molecule has 0 radical (unpaired) electrons. The molecule has 2 aromatic rings. The number of hydrogen-bond donors (Lipinski definition) is 3. The molecule has 0 saturated carbocycles. The number of anilines is 2. The van der Waals surface area contributed by atoms with E-state index in [0.717, 1.165) is 10.0 Å². The zero-order valence-corrected chi connectivity index (χ0v) is 17.3. The summed E-state index contributed by atoms with van der Waals surface area (Å²) in [6.07, 6.45) is 0. The number of primary amides is 1. The Hall–Kier alpha value is -2.71. The molecule has 0 fully saturated rings. The molecule has 3 amide bonds. The molecule has 4 N–H and O–H groups in total. The summed E-state index contributed by atoms with van der Waals surface area (Å²) in [5, 5.41) is 5.45. The van der Waals surface area contributed by atoms with Crippen LogP contribution < -0.4 is 16.4 Å². The molecule has 8 heteroatoms. The van der Waals surface area contributed by atoms with Gasteiger partial charge in [-0.1, -0.05) is 35.0 Å². The highest BCUT2D eigenvalue weighted by Crippen LogP contribution is 2.22. The van der Waals surface area contributed by atoms with Crippen LogP contribution >= 0.6 is 15.9 Å². The van der Waals surface area contributed by atoms with Crippen molar-refractivity contribution in [1.82, 2.24) is 4.90 Å². The van der Waals surface area contributed by atoms with Gasteiger partial charge in [0.2, 0.25) is 17.7 Å². The van der Waals surface area contributed by atoms with Gasteiger partial charge in [-0.15, -0.1) is 0 Å². The number of likely N-dealkylation sites (N-methyl/N-ethyl adjacent to an activating group) is 1. The number of carbonyl (C=O) groups excluding carboxylic acids is 3. The molecule has 0 aromatic heterocycles. The van der Waals surface area contributed by atoms with Crippen molar-refractivity contribution in [2.75, 3.05) is 23.7 Å². The molecule has 2 aromatic carbocycles. The fourth-order valence-corrected chi connectivity index (χ4v) is 3.08. The lowest BCUT2D eigenvalue weighted by molar-refractivity contribution is -0.125. The summed E-state index contributed by atoms with van der Waals surface area (Å²) in [4.78, 5) is 37.3. The molecule has 0 bridgehead atoms. The van der Waals surface area contributed by atoms with Gasteiger partial charge >= 0.3 is 0 Å². The second-order valence-electron chi connectivity index (χ2n) is 6.23. The second-order valence-corrected chi connectivity index (χ2v) is 7.14. The molecule has 7 nitrogen and oxygen atoms in total. The molecular weight excluding hydrogens is 424 g/mol. The molecule has 0 aliphatic heterocycles. The molecule has 148 valence electrons. The van der Waals surface area contributed by atoms with Gasteiger partial charge in [-0.2, -0.15) is 0 Å². The highest BCUT2D eigenvalue weighted by molar-refractivity contribution is 9.10. The first kappa shape index (κ1) is 21.6. The van der Waals surface area contributed by atoms with Crippen molar-refractivity contribution in [3.8, 4) is 0 Å². The predicted molar refractivity (Wildman–Crippen MR) is 113 cm³/mol. The lowest BCUT2D eigenvalue weighted by Gasteiger charge is -2.28. The van der Waals surface area contributed by atoms with Crippen LogP contribution in [0, 0.1) is 0 Å². The standard InChI is InChI=1S/C20H23BrN4O3/c1-3-25(19(20(22)28)14-4-6-15(21)7-5-14)12-18(27)24-17-10-8-16(9-11-17)23-13(2)26/h4-11,19H,3,12H2,1-2H3,(H2,22,28)(H,23,26)(H,24,27). The fraction of sp³-hybridized carbons (Fsp3) is 0.250. The summed E-state index contributed by atoms with van der Waals surface area (Å²) in [5.41, 5.74) is 7.57. The number of carbonyl (C=O) groups is 3. The first-order valence-electron chi connectivity index (χ1n) is 8.76. The molecular formula is C20H23BrN4O3. The maximum absolute atomic E-state index is 12.5. The number of nitrogens with two attached hydrogens (primary N) is 1. The van der Waals surface area contributed by atoms with E-state index in [0.29, 0.717) is 17.9 Å². The third kappa shape index (κ3) is 6.17. The molecule has 0 heterocycles. The van der Waals surface area contributed by atoms with Crippen LogP contribution in [0.1, 0.15) is 25.5 Å². The van der Waals surface area contributed by atoms with Crippen LogP contribution in [0.15, 0.2) is 53.0 Å². The van der Waals surface area contributed by atoms with Crippen molar-refractivity contribution in [2.45, 2.75) is 19.9 Å². The zero-order chi connectivity index (χ0) is 20.7. The zero-order valence-electron chi connectivity index (χ0n) is 15.7. The van der Waals surface area contributed by atoms with E-state index in [1.165, 1.54) is 6.92 Å². The predicted octanol–water partition coefficient (Wildman–Crippen LogP) is 2.89. The minimum atomic E-state index is -0.703. The van der Waals surface area contributed by atoms with E-state index in [-0.39, 0.29) is 18.4 Å². The van der Waals surface area contributed by atoms with Gasteiger partial charge in [0.25, 0.3) is 0 Å². The largest absolute Gasteiger partial charge is 0.368 e. The Balaban J connectivity index is 2.07. The summed E-state index contributed by atoms with van der Waals surface area (Å²) >= 11 is 3.36. The van der Waals surface area contributed by atoms with Crippen LogP contribution in [0.4, 0.5) is 11.4 Å². The number of nitrogens with zero attached hydrogens (tertiary/aromatic N) is 1. The van der Waals surface area contributed by atoms with Gasteiger partial charge in [0.15, 0.2) is 0 Å². The van der Waals surface area contributed by atoms with E-state index in [9.17, 15) is 14.4 Å². The van der Waals surface area contributed by atoms with E-state index in [4.69, 9.17) is 5.73 Å². The Labute approximate surface area is 172 Å². The summed E-state index contributed by atoms with van der Waals surface area (Å²) in [6.45, 7) is 3.77. The van der Waals surface area contributed by atoms with Gasteiger partial charge in [-0.25, -0.2) is 0 Å². The van der Waals surface area contributed by atoms with Crippen LogP contribution in [0.3, 0.4) is 0 Å². The number of nitrogens with one attached hydrogen (secondary N) is 2. The summed E-state index contributed by atoms with van der Waals surface area (Å²) in [5.74, 6) is -0.949. The second kappa shape index (κ2) is 10.0. The van der Waals surface area contributed by atoms with E-state index < -0.39 is 11.9 Å². The summed E-state index contributed by atoms with van der Waals surface area (Å²) in [6, 6.07) is 13.4. The van der Waals surface area contributed by atoms with Gasteiger partial charge < -0.3 is 16.4 Å². The van der Waals surface area contributed by atoms with Crippen molar-refractivity contribution >= 4 is 45.0 Å². The van der Waals surface area contributed by atoms with Crippen molar-refractivity contribution in [3.63, 3.8) is 0 Å². The fourth-order valence-electron chi connectivity index (χ4n) is 2.81. The van der Waals surface area contributed by atoms with E-state index in [2.05, 4.69) is 26.6 Å². The maximum Gasteiger partial charge on any atom is 0.239 e.